The number of carbonyl (C=O) groups is 2. The number of amides is 2. The Morgan fingerprint density at radius 1 is 0.931 bits per heavy atom. The minimum Gasteiger partial charge on any atom is -0.272 e. The van der Waals surface area contributed by atoms with Gasteiger partial charge in [0.2, 0.25) is 15.9 Å². The molecule has 2 N–H and O–H groups in total. The predicted octanol–water partition coefficient (Wildman–Crippen LogP) is 2.17. The van der Waals surface area contributed by atoms with Crippen LogP contribution in [0, 0.1) is 0 Å². The van der Waals surface area contributed by atoms with Gasteiger partial charge in [0.15, 0.2) is 0 Å². The van der Waals surface area contributed by atoms with Gasteiger partial charge in [-0.3, -0.25) is 20.4 Å². The fraction of sp³-hybridized carbons (Fsp3) is 0.300. The molecule has 2 amide bonds. The molecule has 0 aliphatic carbocycles. The number of nitrogens with zero attached hydrogens (tertiary/aromatic N) is 1. The summed E-state index contributed by atoms with van der Waals surface area (Å²) < 4.78 is 26.5. The Hall–Kier alpha value is -2.36. The van der Waals surface area contributed by atoms with Crippen LogP contribution in [0.15, 0.2) is 59.5 Å². The van der Waals surface area contributed by atoms with Crippen molar-refractivity contribution in [1.29, 1.82) is 0 Å². The number of sulfonamides is 1. The minimum atomic E-state index is -3.51. The summed E-state index contributed by atoms with van der Waals surface area (Å²) in [6.45, 7) is 1.05. The number of rotatable bonds is 7. The fourth-order valence-corrected chi connectivity index (χ4v) is 5.23. The summed E-state index contributed by atoms with van der Waals surface area (Å²) in [5, 5.41) is 0. The van der Waals surface area contributed by atoms with Crippen molar-refractivity contribution in [1.82, 2.24) is 15.2 Å². The van der Waals surface area contributed by atoms with Gasteiger partial charge in [0, 0.05) is 24.4 Å². The van der Waals surface area contributed by atoms with Crippen molar-refractivity contribution in [3.8, 4) is 0 Å². The number of hydrogen-bond acceptors (Lipinski definition) is 5. The van der Waals surface area contributed by atoms with Crippen molar-refractivity contribution in [3.05, 3.63) is 65.7 Å². The van der Waals surface area contributed by atoms with E-state index in [0.29, 0.717) is 18.8 Å². The highest BCUT2D eigenvalue weighted by Gasteiger charge is 2.27. The van der Waals surface area contributed by atoms with Crippen LogP contribution in [0.25, 0.3) is 0 Å². The highest BCUT2D eigenvalue weighted by Crippen LogP contribution is 2.21. The average Bonchev–Trinajstić information content (AvgIpc) is 3.29. The van der Waals surface area contributed by atoms with Crippen LogP contribution in [0.3, 0.4) is 0 Å². The first-order valence-electron chi connectivity index (χ1n) is 9.28. The van der Waals surface area contributed by atoms with E-state index in [2.05, 4.69) is 10.9 Å². The summed E-state index contributed by atoms with van der Waals surface area (Å²) in [6.07, 6.45) is 1.73. The maximum atomic E-state index is 12.5. The van der Waals surface area contributed by atoms with Gasteiger partial charge < -0.3 is 0 Å². The van der Waals surface area contributed by atoms with Crippen molar-refractivity contribution in [2.75, 3.05) is 18.8 Å². The van der Waals surface area contributed by atoms with Crippen LogP contribution in [-0.2, 0) is 20.6 Å². The Balaban J connectivity index is 1.46. The Kier molecular flexibility index (Phi) is 7.29. The summed E-state index contributed by atoms with van der Waals surface area (Å²) in [5.74, 6) is 0.0983. The van der Waals surface area contributed by atoms with Crippen LogP contribution < -0.4 is 10.9 Å². The molecule has 1 aliphatic rings. The third-order valence-electron chi connectivity index (χ3n) is 4.48. The van der Waals surface area contributed by atoms with Gasteiger partial charge in [-0.25, -0.2) is 8.42 Å². The lowest BCUT2D eigenvalue weighted by molar-refractivity contribution is -0.119. The zero-order valence-corrected chi connectivity index (χ0v) is 17.5. The molecule has 0 atom stereocenters. The molecular weight excluding hydrogens is 410 g/mol. The van der Waals surface area contributed by atoms with E-state index in [1.165, 1.54) is 40.3 Å². The van der Waals surface area contributed by atoms with Crippen molar-refractivity contribution in [3.63, 3.8) is 0 Å². The Bertz CT molecular complexity index is 941. The molecule has 2 aromatic rings. The molecule has 1 saturated heterocycles. The summed E-state index contributed by atoms with van der Waals surface area (Å²) >= 11 is 1.44. The second kappa shape index (κ2) is 9.91. The molecule has 0 radical (unpaired) electrons. The van der Waals surface area contributed by atoms with Crippen molar-refractivity contribution < 1.29 is 18.0 Å². The van der Waals surface area contributed by atoms with Crippen LogP contribution in [0.2, 0.25) is 0 Å². The molecule has 2 aromatic carbocycles. The summed E-state index contributed by atoms with van der Waals surface area (Å²) in [6, 6.07) is 15.5. The summed E-state index contributed by atoms with van der Waals surface area (Å²) in [4.78, 5) is 24.2. The summed E-state index contributed by atoms with van der Waals surface area (Å²) in [7, 11) is -3.51. The molecule has 1 aliphatic heterocycles. The van der Waals surface area contributed by atoms with Gasteiger partial charge in [0.1, 0.15) is 0 Å². The molecule has 0 aromatic heterocycles. The molecule has 0 bridgehead atoms. The van der Waals surface area contributed by atoms with Gasteiger partial charge in [-0.1, -0.05) is 30.3 Å². The molecule has 0 spiro atoms. The van der Waals surface area contributed by atoms with Gasteiger partial charge in [-0.2, -0.15) is 4.31 Å². The fourth-order valence-electron chi connectivity index (χ4n) is 2.93. The highest BCUT2D eigenvalue weighted by atomic mass is 32.2. The number of carbonyl (C=O) groups excluding carboxylic acids is 2. The molecule has 1 heterocycles. The van der Waals surface area contributed by atoms with Gasteiger partial charge in [0.05, 0.1) is 10.6 Å². The molecule has 1 fully saturated rings. The lowest BCUT2D eigenvalue weighted by atomic mass is 10.2. The standard InChI is InChI=1S/C20H23N3O4S2/c24-19(15-28-14-16-6-2-1-3-7-16)21-22-20(25)17-8-10-18(11-9-17)29(26,27)23-12-4-5-13-23/h1-3,6-11H,4-5,12-15H2,(H,21,24)(H,22,25). The van der Waals surface area contributed by atoms with Gasteiger partial charge >= 0.3 is 0 Å². The monoisotopic (exact) mass is 433 g/mol. The maximum Gasteiger partial charge on any atom is 0.269 e. The smallest absolute Gasteiger partial charge is 0.269 e. The third-order valence-corrected chi connectivity index (χ3v) is 7.40. The molecule has 0 saturated carbocycles. The maximum absolute atomic E-state index is 12.5. The average molecular weight is 434 g/mol. The first-order chi connectivity index (χ1) is 14.0. The molecule has 0 unspecified atom stereocenters. The van der Waals surface area contributed by atoms with E-state index >= 15 is 0 Å². The first-order valence-corrected chi connectivity index (χ1v) is 11.9. The van der Waals surface area contributed by atoms with Gasteiger partial charge in [-0.15, -0.1) is 11.8 Å². The SMILES string of the molecule is O=C(CSCc1ccccc1)NNC(=O)c1ccc(S(=O)(=O)N2CCCC2)cc1. The van der Waals surface area contributed by atoms with Crippen LogP contribution in [0.5, 0.6) is 0 Å². The largest absolute Gasteiger partial charge is 0.272 e. The van der Waals surface area contributed by atoms with Crippen molar-refractivity contribution in [2.24, 2.45) is 0 Å². The molecular formula is C20H23N3O4S2. The third kappa shape index (κ3) is 5.81. The first kappa shape index (κ1) is 21.4. The number of hydrazine groups is 1. The van der Waals surface area contributed by atoms with Gasteiger partial charge in [-0.05, 0) is 42.7 Å². The minimum absolute atomic E-state index is 0.164. The van der Waals surface area contributed by atoms with Crippen LogP contribution in [0.1, 0.15) is 28.8 Å². The Morgan fingerprint density at radius 2 is 1.59 bits per heavy atom. The predicted molar refractivity (Wildman–Crippen MR) is 113 cm³/mol. The number of hydrogen-bond donors (Lipinski definition) is 2. The summed E-state index contributed by atoms with van der Waals surface area (Å²) in [5.41, 5.74) is 6.11. The van der Waals surface area contributed by atoms with Crippen molar-refractivity contribution >= 4 is 33.6 Å². The van der Waals surface area contributed by atoms with Gasteiger partial charge in [0.25, 0.3) is 5.91 Å². The van der Waals surface area contributed by atoms with E-state index in [0.717, 1.165) is 18.4 Å². The molecule has 3 rings (SSSR count). The number of thioether (sulfide) groups is 1. The van der Waals surface area contributed by atoms with E-state index in [-0.39, 0.29) is 22.1 Å². The number of nitrogens with one attached hydrogen (secondary N) is 2. The highest BCUT2D eigenvalue weighted by molar-refractivity contribution is 7.99. The van der Waals surface area contributed by atoms with E-state index in [9.17, 15) is 18.0 Å². The van der Waals surface area contributed by atoms with Crippen LogP contribution >= 0.6 is 11.8 Å². The zero-order chi connectivity index (χ0) is 20.7. The topological polar surface area (TPSA) is 95.6 Å². The quantitative estimate of drug-likeness (QED) is 0.653. The molecule has 7 nitrogen and oxygen atoms in total. The van der Waals surface area contributed by atoms with Crippen LogP contribution in [0.4, 0.5) is 0 Å². The Labute approximate surface area is 174 Å². The molecule has 29 heavy (non-hydrogen) atoms. The van der Waals surface area contributed by atoms with E-state index in [1.54, 1.807) is 0 Å². The van der Waals surface area contributed by atoms with Crippen molar-refractivity contribution in [2.45, 2.75) is 23.5 Å². The molecule has 154 valence electrons. The van der Waals surface area contributed by atoms with Crippen LogP contribution in [-0.4, -0.2) is 43.4 Å². The normalized spacial score (nSPS) is 14.5. The number of benzene rings is 2. The lowest BCUT2D eigenvalue weighted by Crippen LogP contribution is -2.42. The molecule has 9 heteroatoms. The second-order valence-electron chi connectivity index (χ2n) is 6.62. The lowest BCUT2D eigenvalue weighted by Gasteiger charge is -2.15. The second-order valence-corrected chi connectivity index (χ2v) is 9.54. The zero-order valence-electron chi connectivity index (χ0n) is 15.8. The van der Waals surface area contributed by atoms with E-state index in [4.69, 9.17) is 0 Å². The van der Waals surface area contributed by atoms with E-state index in [1.807, 2.05) is 30.3 Å². The van der Waals surface area contributed by atoms with E-state index < -0.39 is 15.9 Å². The Morgan fingerprint density at radius 3 is 2.24 bits per heavy atom.